The van der Waals surface area contributed by atoms with E-state index in [1.165, 1.54) is 40.2 Å². The number of fused-ring (bicyclic) bond motifs is 1. The fourth-order valence-corrected chi connectivity index (χ4v) is 10.6. The molecule has 18 heteroatoms. The van der Waals surface area contributed by atoms with Crippen molar-refractivity contribution in [3.8, 4) is 0 Å². The zero-order chi connectivity index (χ0) is 36.1. The normalized spacial score (nSPS) is 23.3. The number of likely N-dealkylation sites (tertiary alicyclic amines) is 1. The highest BCUT2D eigenvalue weighted by atomic mass is 35.5. The molecule has 51 heavy (non-hydrogen) atoms. The molecule has 0 saturated carbocycles. The van der Waals surface area contributed by atoms with Gasteiger partial charge in [0.15, 0.2) is 18.9 Å². The summed E-state index contributed by atoms with van der Waals surface area (Å²) in [5, 5.41) is 23.3. The molecular formula is C33H44Cl2N4O8S4+2. The van der Waals surface area contributed by atoms with Crippen LogP contribution < -0.4 is 9.88 Å². The van der Waals surface area contributed by atoms with Crippen LogP contribution in [-0.2, 0) is 31.0 Å². The summed E-state index contributed by atoms with van der Waals surface area (Å²) in [6.07, 6.45) is 6.18. The van der Waals surface area contributed by atoms with Crippen LogP contribution in [0.25, 0.3) is 0 Å². The zero-order valence-electron chi connectivity index (χ0n) is 27.1. The van der Waals surface area contributed by atoms with Crippen LogP contribution >= 0.6 is 58.5 Å². The van der Waals surface area contributed by atoms with Gasteiger partial charge in [-0.3, -0.25) is 19.0 Å². The number of nitrogens with one attached hydrogen (secondary N) is 1. The Bertz CT molecular complexity index is 1720. The summed E-state index contributed by atoms with van der Waals surface area (Å²) in [6, 6.07) is 8.08. The number of thioether (sulfide) groups is 3. The van der Waals surface area contributed by atoms with Gasteiger partial charge in [-0.05, 0) is 23.8 Å². The van der Waals surface area contributed by atoms with E-state index in [1.54, 1.807) is 18.2 Å². The zero-order valence-corrected chi connectivity index (χ0v) is 31.9. The number of quaternary nitrogens is 1. The van der Waals surface area contributed by atoms with Crippen molar-refractivity contribution in [1.29, 1.82) is 0 Å². The molecule has 2 aromatic rings. The molecule has 2 saturated heterocycles. The number of aliphatic carboxylic acids is 1. The van der Waals surface area contributed by atoms with Crippen LogP contribution in [0.5, 0.6) is 0 Å². The number of hydrogen-bond donors (Lipinski definition) is 4. The minimum atomic E-state index is -4.01. The number of rotatable bonds is 16. The van der Waals surface area contributed by atoms with Crippen LogP contribution in [0.4, 0.5) is 0 Å². The maximum absolute atomic E-state index is 13.1. The van der Waals surface area contributed by atoms with E-state index in [-0.39, 0.29) is 36.6 Å². The van der Waals surface area contributed by atoms with Gasteiger partial charge in [0.2, 0.25) is 5.91 Å². The number of benzene rings is 1. The molecular weight excluding hydrogens is 780 g/mol. The molecule has 4 heterocycles. The van der Waals surface area contributed by atoms with Crippen LogP contribution in [0, 0.1) is 0 Å². The molecule has 4 N–H and O–H groups in total. The van der Waals surface area contributed by atoms with Gasteiger partial charge in [0.1, 0.15) is 17.1 Å². The van der Waals surface area contributed by atoms with Gasteiger partial charge in [0.05, 0.1) is 55.2 Å². The molecule has 1 aromatic heterocycles. The van der Waals surface area contributed by atoms with Gasteiger partial charge in [0, 0.05) is 57.7 Å². The van der Waals surface area contributed by atoms with Crippen molar-refractivity contribution in [3.63, 3.8) is 0 Å². The van der Waals surface area contributed by atoms with Crippen LogP contribution in [-0.4, -0.2) is 117 Å². The third-order valence-electron chi connectivity index (χ3n) is 9.05. The van der Waals surface area contributed by atoms with E-state index in [0.29, 0.717) is 57.8 Å². The van der Waals surface area contributed by atoms with Crippen molar-refractivity contribution in [1.82, 2.24) is 10.2 Å². The molecule has 0 spiro atoms. The van der Waals surface area contributed by atoms with Crippen molar-refractivity contribution < 1.29 is 46.6 Å². The number of aliphatic hydroxyl groups excluding tert-OH is 1. The smallest absolute Gasteiger partial charge is 0.352 e. The number of nitrogens with zero attached hydrogens (tertiary/aromatic N) is 3. The maximum Gasteiger partial charge on any atom is 0.352 e. The number of amides is 2. The van der Waals surface area contributed by atoms with Crippen molar-refractivity contribution in [3.05, 3.63) is 64.0 Å². The predicted octanol–water partition coefficient (Wildman–Crippen LogP) is 4.18. The van der Waals surface area contributed by atoms with Gasteiger partial charge in [-0.2, -0.15) is 8.42 Å². The monoisotopic (exact) mass is 822 g/mol. The fraction of sp³-hybridized carbons (Fsp3) is 0.515. The van der Waals surface area contributed by atoms with E-state index < -0.39 is 33.4 Å². The number of aromatic nitrogens is 1. The summed E-state index contributed by atoms with van der Waals surface area (Å²) in [5.41, 5.74) is 0.612. The van der Waals surface area contributed by atoms with Gasteiger partial charge >= 0.3 is 5.97 Å². The number of aliphatic hydroxyl groups is 1. The molecule has 0 aliphatic carbocycles. The van der Waals surface area contributed by atoms with Crippen molar-refractivity contribution >= 4 is 86.4 Å². The molecule has 5 rings (SSSR count). The number of β-lactam (4-membered cyclic amide) rings is 1. The first-order chi connectivity index (χ1) is 23.7. The average molecular weight is 824 g/mol. The number of pyridine rings is 1. The molecule has 3 aliphatic heterocycles. The second kappa shape index (κ2) is 18.3. The Morgan fingerprint density at radius 1 is 1.08 bits per heavy atom. The number of halogens is 2. The third-order valence-corrected chi connectivity index (χ3v) is 14.0. The minimum absolute atomic E-state index is 0. The lowest BCUT2D eigenvalue weighted by Crippen LogP contribution is -2.70. The molecule has 0 bridgehead atoms. The number of carbonyl (C=O) groups excluding carboxylic acids is 2. The second-order valence-electron chi connectivity index (χ2n) is 12.6. The molecule has 2 fully saturated rings. The minimum Gasteiger partial charge on any atom is -0.477 e. The lowest BCUT2D eigenvalue weighted by molar-refractivity contribution is -0.935. The third kappa shape index (κ3) is 11.2. The lowest BCUT2D eigenvalue weighted by Gasteiger charge is -2.49. The topological polar surface area (TPSA) is 165 Å². The maximum atomic E-state index is 13.1. The van der Waals surface area contributed by atoms with E-state index in [2.05, 4.69) is 9.88 Å². The molecule has 2 unspecified atom stereocenters. The van der Waals surface area contributed by atoms with Crippen LogP contribution in [0.15, 0.2) is 63.8 Å². The number of carbonyl (C=O) groups is 3. The number of carboxylic acid groups (broad SMARTS) is 1. The average Bonchev–Trinajstić information content (AvgIpc) is 3.07. The van der Waals surface area contributed by atoms with Gasteiger partial charge in [-0.1, -0.05) is 30.6 Å². The summed E-state index contributed by atoms with van der Waals surface area (Å²) in [4.78, 5) is 40.9. The lowest BCUT2D eigenvalue weighted by atomic mass is 10.0. The fourth-order valence-electron chi connectivity index (χ4n) is 6.43. The van der Waals surface area contributed by atoms with E-state index in [9.17, 15) is 33.0 Å². The Hall–Kier alpha value is -2.02. The van der Waals surface area contributed by atoms with Crippen molar-refractivity contribution in [2.75, 3.05) is 49.2 Å². The summed E-state index contributed by atoms with van der Waals surface area (Å²) in [5.74, 6) is -1.44. The van der Waals surface area contributed by atoms with Crippen LogP contribution in [0.1, 0.15) is 33.1 Å². The summed E-state index contributed by atoms with van der Waals surface area (Å²) in [7, 11) is -4.01. The Morgan fingerprint density at radius 2 is 1.76 bits per heavy atom. The van der Waals surface area contributed by atoms with Gasteiger partial charge in [0.25, 0.3) is 16.0 Å². The van der Waals surface area contributed by atoms with Gasteiger partial charge in [-0.15, -0.1) is 35.3 Å². The standard InChI is InChI=1S/C32H38Cl2N4O8S4.CH4/c33-22-3-4-25(34)26(17-22)48-20-27(40)35-28-30(41)37-29(32(42)43)21(19-49-31(28)37)18-47-24-5-10-36(11-6-24)9-1-12-38(13-2-16-50(44,45)46)14-7-23(39)8-15-38;/h3-6,10-11,17,23,28,31,39H,1-2,7-9,12-16,18-20H2,(H-2,35,40,42,43,44,45,46);1H4/p+2. The first kappa shape index (κ1) is 41.7. The number of hydrogen-bond acceptors (Lipinski definition) is 9. The highest BCUT2D eigenvalue weighted by Crippen LogP contribution is 2.41. The Labute approximate surface area is 321 Å². The van der Waals surface area contributed by atoms with E-state index >= 15 is 0 Å². The second-order valence-corrected chi connectivity index (χ2v) is 18.2. The predicted molar refractivity (Wildman–Crippen MR) is 202 cm³/mol. The Kier molecular flexibility index (Phi) is 15.0. The summed E-state index contributed by atoms with van der Waals surface area (Å²) in [6.45, 7) is 3.78. The first-order valence-corrected chi connectivity index (χ1v) is 21.5. The van der Waals surface area contributed by atoms with Gasteiger partial charge in [-0.25, -0.2) is 9.36 Å². The van der Waals surface area contributed by atoms with E-state index in [1.807, 2.05) is 24.5 Å². The Balaban J connectivity index is 0.00000583. The van der Waals surface area contributed by atoms with Crippen LogP contribution in [0.2, 0.25) is 10.0 Å². The molecule has 0 radical (unpaired) electrons. The van der Waals surface area contributed by atoms with E-state index in [0.717, 1.165) is 42.0 Å². The molecule has 2 atom stereocenters. The molecule has 1 aromatic carbocycles. The van der Waals surface area contributed by atoms with Crippen molar-refractivity contribution in [2.24, 2.45) is 0 Å². The summed E-state index contributed by atoms with van der Waals surface area (Å²) < 4.78 is 34.4. The highest BCUT2D eigenvalue weighted by molar-refractivity contribution is 8.01. The first-order valence-electron chi connectivity index (χ1n) is 16.1. The number of aryl methyl sites for hydroxylation is 1. The molecule has 2 amide bonds. The number of piperidine rings is 1. The Morgan fingerprint density at radius 3 is 2.43 bits per heavy atom. The van der Waals surface area contributed by atoms with Crippen molar-refractivity contribution in [2.45, 2.75) is 67.0 Å². The summed E-state index contributed by atoms with van der Waals surface area (Å²) >= 11 is 16.3. The van der Waals surface area contributed by atoms with Gasteiger partial charge < -0.3 is 20.0 Å². The van der Waals surface area contributed by atoms with Crippen LogP contribution in [0.3, 0.4) is 0 Å². The SMILES string of the molecule is C.O=C(CSc1cc(Cl)ccc1Cl)NC1C(=O)N2C(C(=O)O)=C(CSc3cc[n+](CCC[N+]4(CCCS(=O)(=O)O)CCC(O)CC4)cc3)CSC12. The largest absolute Gasteiger partial charge is 0.477 e. The quantitative estimate of drug-likeness (QED) is 0.0632. The number of carboxylic acids is 1. The molecule has 12 nitrogen and oxygen atoms in total. The molecule has 280 valence electrons. The van der Waals surface area contributed by atoms with E-state index in [4.69, 9.17) is 27.8 Å². The molecule has 3 aliphatic rings. The highest BCUT2D eigenvalue weighted by Gasteiger charge is 2.54.